The van der Waals surface area contributed by atoms with E-state index < -0.39 is 0 Å². The summed E-state index contributed by atoms with van der Waals surface area (Å²) >= 11 is 3.32. The molecule has 0 unspecified atom stereocenters. The van der Waals surface area contributed by atoms with Crippen molar-refractivity contribution in [2.24, 2.45) is 5.73 Å². The van der Waals surface area contributed by atoms with Crippen LogP contribution in [0.5, 0.6) is 11.5 Å². The summed E-state index contributed by atoms with van der Waals surface area (Å²) in [6.45, 7) is 4.55. The summed E-state index contributed by atoms with van der Waals surface area (Å²) in [6.07, 6.45) is 3.17. The van der Waals surface area contributed by atoms with E-state index in [9.17, 15) is 5.11 Å². The maximum atomic E-state index is 9.80. The topological polar surface area (TPSA) is 55.5 Å². The van der Waals surface area contributed by atoms with E-state index >= 15 is 0 Å². The van der Waals surface area contributed by atoms with E-state index in [-0.39, 0.29) is 24.2 Å². The first-order chi connectivity index (χ1) is 8.10. The van der Waals surface area contributed by atoms with Gasteiger partial charge in [0.05, 0.1) is 11.1 Å². The van der Waals surface area contributed by atoms with Gasteiger partial charge in [0, 0.05) is 6.04 Å². The highest BCUT2D eigenvalue weighted by Crippen LogP contribution is 2.37. The third kappa shape index (κ3) is 4.67. The van der Waals surface area contributed by atoms with E-state index in [0.717, 1.165) is 24.8 Å². The van der Waals surface area contributed by atoms with E-state index in [4.69, 9.17) is 10.5 Å². The number of aromatic hydroxyl groups is 1. The Kier molecular flexibility index (Phi) is 8.40. The van der Waals surface area contributed by atoms with Crippen molar-refractivity contribution in [3.8, 4) is 11.5 Å². The molecule has 0 saturated carbocycles. The molecule has 5 heteroatoms. The fraction of sp³-hybridized carbons (Fsp3) is 0.538. The molecule has 0 spiro atoms. The van der Waals surface area contributed by atoms with Gasteiger partial charge < -0.3 is 15.6 Å². The normalized spacial score (nSPS) is 11.8. The Balaban J connectivity index is 0.00000289. The zero-order chi connectivity index (χ0) is 12.8. The fourth-order valence-electron chi connectivity index (χ4n) is 1.66. The van der Waals surface area contributed by atoms with Crippen molar-refractivity contribution in [2.75, 3.05) is 6.61 Å². The van der Waals surface area contributed by atoms with Crippen LogP contribution in [0, 0.1) is 0 Å². The van der Waals surface area contributed by atoms with Gasteiger partial charge in [-0.2, -0.15) is 0 Å². The van der Waals surface area contributed by atoms with Crippen molar-refractivity contribution in [3.63, 3.8) is 0 Å². The minimum Gasteiger partial charge on any atom is -0.503 e. The van der Waals surface area contributed by atoms with Gasteiger partial charge in [-0.1, -0.05) is 19.8 Å². The molecule has 1 rings (SSSR count). The lowest BCUT2D eigenvalue weighted by molar-refractivity contribution is 0.316. The number of nitrogens with two attached hydrogens (primary N) is 1. The molecule has 0 bridgehead atoms. The van der Waals surface area contributed by atoms with Crippen molar-refractivity contribution in [1.29, 1.82) is 0 Å². The third-order valence-electron chi connectivity index (χ3n) is 2.65. The molecular formula is C13H21BrClNO2. The number of rotatable bonds is 6. The van der Waals surface area contributed by atoms with Gasteiger partial charge in [0.1, 0.15) is 0 Å². The van der Waals surface area contributed by atoms with Gasteiger partial charge in [0.25, 0.3) is 0 Å². The Morgan fingerprint density at radius 2 is 2.06 bits per heavy atom. The van der Waals surface area contributed by atoms with E-state index in [1.54, 1.807) is 0 Å². The number of hydrogen-bond donors (Lipinski definition) is 2. The van der Waals surface area contributed by atoms with Crippen LogP contribution in [0.4, 0.5) is 0 Å². The Hall–Kier alpha value is -0.450. The lowest BCUT2D eigenvalue weighted by Gasteiger charge is -2.15. The van der Waals surface area contributed by atoms with Gasteiger partial charge in [0.2, 0.25) is 0 Å². The lowest BCUT2D eigenvalue weighted by Crippen LogP contribution is -2.10. The zero-order valence-electron chi connectivity index (χ0n) is 10.8. The van der Waals surface area contributed by atoms with E-state index in [1.165, 1.54) is 0 Å². The van der Waals surface area contributed by atoms with Crippen LogP contribution in [0.2, 0.25) is 0 Å². The van der Waals surface area contributed by atoms with Crippen molar-refractivity contribution < 1.29 is 9.84 Å². The minimum absolute atomic E-state index is 0. The predicted octanol–water partition coefficient (Wildman–Crippen LogP) is 4.17. The van der Waals surface area contributed by atoms with E-state index in [2.05, 4.69) is 22.9 Å². The number of phenolic OH excluding ortho intramolecular Hbond substituents is 1. The summed E-state index contributed by atoms with van der Waals surface area (Å²) in [5.74, 6) is 0.627. The van der Waals surface area contributed by atoms with Gasteiger partial charge in [-0.25, -0.2) is 0 Å². The van der Waals surface area contributed by atoms with Gasteiger partial charge in [-0.3, -0.25) is 0 Å². The number of benzene rings is 1. The minimum atomic E-state index is -0.00828. The first-order valence-electron chi connectivity index (χ1n) is 6.00. The van der Waals surface area contributed by atoms with Crippen molar-refractivity contribution in [1.82, 2.24) is 0 Å². The molecule has 0 radical (unpaired) electrons. The Bertz CT molecular complexity index is 374. The molecule has 104 valence electrons. The summed E-state index contributed by atoms with van der Waals surface area (Å²) in [6, 6.07) is 3.67. The third-order valence-corrected chi connectivity index (χ3v) is 3.25. The molecule has 3 nitrogen and oxygen atoms in total. The van der Waals surface area contributed by atoms with E-state index in [0.29, 0.717) is 16.8 Å². The molecule has 0 aliphatic carbocycles. The molecule has 3 N–H and O–H groups in total. The van der Waals surface area contributed by atoms with Crippen LogP contribution in [-0.2, 0) is 0 Å². The number of hydrogen-bond acceptors (Lipinski definition) is 3. The van der Waals surface area contributed by atoms with Gasteiger partial charge in [-0.05, 0) is 47.0 Å². The van der Waals surface area contributed by atoms with Gasteiger partial charge in [-0.15, -0.1) is 12.4 Å². The Morgan fingerprint density at radius 3 is 2.61 bits per heavy atom. The predicted molar refractivity (Wildman–Crippen MR) is 80.7 cm³/mol. The smallest absolute Gasteiger partial charge is 0.172 e. The van der Waals surface area contributed by atoms with Crippen LogP contribution in [0.25, 0.3) is 0 Å². The first kappa shape index (κ1) is 17.6. The van der Waals surface area contributed by atoms with Crippen LogP contribution in [0.3, 0.4) is 0 Å². The monoisotopic (exact) mass is 337 g/mol. The second-order valence-electron chi connectivity index (χ2n) is 4.03. The summed E-state index contributed by atoms with van der Waals surface area (Å²) < 4.78 is 6.01. The van der Waals surface area contributed by atoms with Gasteiger partial charge in [0.15, 0.2) is 11.5 Å². The maximum absolute atomic E-state index is 9.80. The van der Waals surface area contributed by atoms with Crippen molar-refractivity contribution >= 4 is 28.3 Å². The number of ether oxygens (including phenoxy) is 1. The van der Waals surface area contributed by atoms with Crippen molar-refractivity contribution in [3.05, 3.63) is 22.2 Å². The summed E-state index contributed by atoms with van der Waals surface area (Å²) in [5.41, 5.74) is 7.10. The molecule has 0 aliphatic rings. The van der Waals surface area contributed by atoms with Crippen molar-refractivity contribution in [2.45, 2.75) is 39.2 Å². The summed E-state index contributed by atoms with van der Waals surface area (Å²) in [4.78, 5) is 0. The highest BCUT2D eigenvalue weighted by molar-refractivity contribution is 9.10. The molecule has 1 aromatic rings. The molecule has 0 heterocycles. The quantitative estimate of drug-likeness (QED) is 0.818. The molecule has 0 aliphatic heterocycles. The van der Waals surface area contributed by atoms with E-state index in [1.807, 2.05) is 19.1 Å². The zero-order valence-corrected chi connectivity index (χ0v) is 13.2. The Morgan fingerprint density at radius 1 is 1.39 bits per heavy atom. The van der Waals surface area contributed by atoms with Crippen LogP contribution in [0.1, 0.15) is 44.7 Å². The molecule has 0 amide bonds. The first-order valence-corrected chi connectivity index (χ1v) is 6.80. The van der Waals surface area contributed by atoms with Crippen LogP contribution in [-0.4, -0.2) is 11.7 Å². The lowest BCUT2D eigenvalue weighted by atomic mass is 10.0. The molecule has 18 heavy (non-hydrogen) atoms. The second-order valence-corrected chi connectivity index (χ2v) is 4.89. The highest BCUT2D eigenvalue weighted by atomic mass is 79.9. The average Bonchev–Trinajstić information content (AvgIpc) is 2.31. The standard InChI is InChI=1S/C13H20BrNO2.ClH/c1-3-5-6-11(15)9-7-10(14)13(16)12(8-9)17-4-2;/h7-8,11,16H,3-6,15H2,1-2H3;1H/t11-;/m0./s1. The van der Waals surface area contributed by atoms with Gasteiger partial charge >= 0.3 is 0 Å². The summed E-state index contributed by atoms with van der Waals surface area (Å²) in [7, 11) is 0. The van der Waals surface area contributed by atoms with Crippen LogP contribution < -0.4 is 10.5 Å². The maximum Gasteiger partial charge on any atom is 0.172 e. The second kappa shape index (κ2) is 8.62. The molecular weight excluding hydrogens is 318 g/mol. The largest absolute Gasteiger partial charge is 0.503 e. The summed E-state index contributed by atoms with van der Waals surface area (Å²) in [5, 5.41) is 9.80. The molecule has 0 aromatic heterocycles. The SMILES string of the molecule is CCCC[C@H](N)c1cc(Br)c(O)c(OCC)c1.Cl. The molecule has 0 saturated heterocycles. The molecule has 1 atom stereocenters. The number of phenols is 1. The highest BCUT2D eigenvalue weighted by Gasteiger charge is 2.13. The Labute approximate surface area is 123 Å². The molecule has 0 fully saturated rings. The number of halogens is 2. The fourth-order valence-corrected chi connectivity index (χ4v) is 2.12. The molecule has 1 aromatic carbocycles. The number of unbranched alkanes of at least 4 members (excludes halogenated alkanes) is 1. The van der Waals surface area contributed by atoms with Crippen LogP contribution >= 0.6 is 28.3 Å². The van der Waals surface area contributed by atoms with Crippen LogP contribution in [0.15, 0.2) is 16.6 Å². The average molecular weight is 339 g/mol.